The summed E-state index contributed by atoms with van der Waals surface area (Å²) in [5.41, 5.74) is 0. The van der Waals surface area contributed by atoms with Crippen LogP contribution in [-0.2, 0) is 0 Å². The molecule has 0 heterocycles. The summed E-state index contributed by atoms with van der Waals surface area (Å²) in [5.74, 6) is -89.1. The normalized spacial score (nSPS) is 16.9. The summed E-state index contributed by atoms with van der Waals surface area (Å²) in [4.78, 5) is 0. The van der Waals surface area contributed by atoms with Crippen molar-refractivity contribution >= 4 is 0 Å². The van der Waals surface area contributed by atoms with Crippen molar-refractivity contribution in [3.05, 3.63) is 19.1 Å². The number of hydrogen-bond donors (Lipinski definition) is 0. The van der Waals surface area contributed by atoms with E-state index in [1.165, 1.54) is 0 Å². The van der Waals surface area contributed by atoms with Crippen molar-refractivity contribution in [1.82, 2.24) is 0 Å². The van der Waals surface area contributed by atoms with E-state index in [4.69, 9.17) is 0 Å². The van der Waals surface area contributed by atoms with Gasteiger partial charge in [0.25, 0.3) is 0 Å². The van der Waals surface area contributed by atoms with E-state index in [1.54, 1.807) is 0 Å². The second-order valence-electron chi connectivity index (χ2n) is 7.98. The first-order valence-corrected chi connectivity index (χ1v) is 9.49. The van der Waals surface area contributed by atoms with E-state index >= 15 is 0 Å². The summed E-state index contributed by atoms with van der Waals surface area (Å²) in [6, 6.07) is 0. The quantitative estimate of drug-likeness (QED) is 0.134. The van der Waals surface area contributed by atoms with E-state index < -0.39 is 96.3 Å². The molecule has 0 unspecified atom stereocenters. The van der Waals surface area contributed by atoms with Gasteiger partial charge in [0.15, 0.2) is 0 Å². The number of rotatable bonds is 13. The molecule has 0 atom stereocenters. The maximum atomic E-state index is 13.6. The fraction of sp³-hybridized carbons (Fsp3) is 0.824. The molecule has 0 nitrogen and oxygen atoms in total. The van der Waals surface area contributed by atoms with Gasteiger partial charge in [0, 0.05) is 6.42 Å². The molecule has 25 heteroatoms. The molecule has 0 saturated heterocycles. The molecule has 0 rings (SSSR count). The molecule has 0 aliphatic heterocycles. The van der Waals surface area contributed by atoms with Crippen molar-refractivity contribution in [2.24, 2.45) is 0 Å². The van der Waals surface area contributed by atoms with Crippen LogP contribution in [0, 0.1) is 6.92 Å². The summed E-state index contributed by atoms with van der Waals surface area (Å²) < 4.78 is 330. The Balaban J connectivity index is 6.91. The fourth-order valence-corrected chi connectivity index (χ4v) is 2.41. The van der Waals surface area contributed by atoms with Crippen molar-refractivity contribution in [3.63, 3.8) is 0 Å². The van der Waals surface area contributed by atoms with Crippen LogP contribution >= 0.6 is 0 Å². The highest BCUT2D eigenvalue weighted by Gasteiger charge is 2.91. The second kappa shape index (κ2) is 10.3. The van der Waals surface area contributed by atoms with E-state index in [0.29, 0.717) is 0 Å². The van der Waals surface area contributed by atoms with Crippen LogP contribution in [0.1, 0.15) is 12.8 Å². The average Bonchev–Trinajstić information content (AvgIpc) is 2.75. The van der Waals surface area contributed by atoms with Crippen LogP contribution in [-0.4, -0.2) is 71.3 Å². The summed E-state index contributed by atoms with van der Waals surface area (Å²) in [7, 11) is 0. The van der Waals surface area contributed by atoms with Gasteiger partial charge in [-0.25, -0.2) is 0 Å². The molecule has 0 spiro atoms. The lowest BCUT2D eigenvalue weighted by Crippen LogP contribution is -2.70. The minimum atomic E-state index is -8.70. The standard InChI is InChI=1S/C17H8F25/c1-2-3-6(18,19)9(24,25)12(30,31)13(32,33)10(26,27)7(20,21)4-5-8(22,23)11(28,29)14(34,35)15(36,37)16(38,39)17(40,41)42/h4-5H,1-3H2. The Morgan fingerprint density at radius 3 is 0.810 bits per heavy atom. The maximum Gasteiger partial charge on any atom is 0.460 e. The first kappa shape index (κ1) is 40.0. The topological polar surface area (TPSA) is 0 Å². The van der Waals surface area contributed by atoms with Gasteiger partial charge >= 0.3 is 71.3 Å². The predicted molar refractivity (Wildman–Crippen MR) is 84.2 cm³/mol. The van der Waals surface area contributed by atoms with Crippen molar-refractivity contribution in [2.45, 2.75) is 84.2 Å². The van der Waals surface area contributed by atoms with Crippen molar-refractivity contribution < 1.29 is 110 Å². The number of halogens is 25. The van der Waals surface area contributed by atoms with Crippen LogP contribution in [0.3, 0.4) is 0 Å². The molecule has 1 radical (unpaired) electrons. The minimum absolute atomic E-state index is 1.54. The number of alkyl halides is 25. The monoisotopic (exact) mass is 687 g/mol. The highest BCUT2D eigenvalue weighted by molar-refractivity contribution is 5.20. The molecule has 0 bridgehead atoms. The summed E-state index contributed by atoms with van der Waals surface area (Å²) in [6.07, 6.45) is -18.0. The zero-order valence-electron chi connectivity index (χ0n) is 18.7. The van der Waals surface area contributed by atoms with E-state index in [9.17, 15) is 110 Å². The van der Waals surface area contributed by atoms with Gasteiger partial charge in [-0.15, -0.1) is 0 Å². The van der Waals surface area contributed by atoms with Crippen molar-refractivity contribution in [3.8, 4) is 0 Å². The van der Waals surface area contributed by atoms with E-state index in [0.717, 1.165) is 0 Å². The van der Waals surface area contributed by atoms with Gasteiger partial charge in [-0.1, -0.05) is 6.92 Å². The third kappa shape index (κ3) is 5.30. The fourth-order valence-electron chi connectivity index (χ4n) is 2.41. The number of allylic oxidation sites excluding steroid dienone is 2. The third-order valence-corrected chi connectivity index (χ3v) is 5.01. The van der Waals surface area contributed by atoms with Crippen LogP contribution in [0.25, 0.3) is 0 Å². The molecule has 0 aliphatic carbocycles. The number of hydrogen-bond acceptors (Lipinski definition) is 0. The molecular weight excluding hydrogens is 679 g/mol. The summed E-state index contributed by atoms with van der Waals surface area (Å²) in [6.45, 7) is 2.39. The van der Waals surface area contributed by atoms with Gasteiger partial charge in [0.1, 0.15) is 0 Å². The minimum Gasteiger partial charge on any atom is -0.200 e. The van der Waals surface area contributed by atoms with Gasteiger partial charge < -0.3 is 0 Å². The highest BCUT2D eigenvalue weighted by Crippen LogP contribution is 2.63. The summed E-state index contributed by atoms with van der Waals surface area (Å²) in [5, 5.41) is 0. The lowest BCUT2D eigenvalue weighted by Gasteiger charge is -2.41. The van der Waals surface area contributed by atoms with E-state index in [2.05, 4.69) is 6.92 Å². The molecule has 42 heavy (non-hydrogen) atoms. The van der Waals surface area contributed by atoms with Gasteiger partial charge in [-0.3, -0.25) is 0 Å². The second-order valence-corrected chi connectivity index (χ2v) is 7.98. The molecule has 0 fully saturated rings. The molecule has 0 aromatic carbocycles. The first-order chi connectivity index (χ1) is 17.8. The molecule has 0 aromatic heterocycles. The Morgan fingerprint density at radius 2 is 0.571 bits per heavy atom. The maximum absolute atomic E-state index is 13.6. The Morgan fingerprint density at radius 1 is 0.333 bits per heavy atom. The smallest absolute Gasteiger partial charge is 0.200 e. The largest absolute Gasteiger partial charge is 0.460 e. The van der Waals surface area contributed by atoms with E-state index in [-0.39, 0.29) is 0 Å². The van der Waals surface area contributed by atoms with E-state index in [1.807, 2.05) is 0 Å². The molecule has 0 saturated carbocycles. The van der Waals surface area contributed by atoms with Crippen LogP contribution in [0.5, 0.6) is 0 Å². The summed E-state index contributed by atoms with van der Waals surface area (Å²) >= 11 is 0. The molecule has 0 aliphatic rings. The van der Waals surface area contributed by atoms with Crippen molar-refractivity contribution in [2.75, 3.05) is 0 Å². The van der Waals surface area contributed by atoms with Gasteiger partial charge in [0.05, 0.1) is 0 Å². The predicted octanol–water partition coefficient (Wildman–Crippen LogP) is 9.71. The molecule has 0 amide bonds. The molecule has 0 N–H and O–H groups in total. The Hall–Kier alpha value is -2.01. The lowest BCUT2D eigenvalue weighted by atomic mass is 9.89. The third-order valence-electron chi connectivity index (χ3n) is 5.01. The Labute approximate surface area is 214 Å². The van der Waals surface area contributed by atoms with Gasteiger partial charge in [-0.2, -0.15) is 110 Å². The molecule has 0 aromatic rings. The van der Waals surface area contributed by atoms with Crippen LogP contribution < -0.4 is 0 Å². The zero-order chi connectivity index (χ0) is 34.8. The zero-order valence-corrected chi connectivity index (χ0v) is 18.7. The average molecular weight is 687 g/mol. The van der Waals surface area contributed by atoms with Crippen LogP contribution in [0.2, 0.25) is 0 Å². The van der Waals surface area contributed by atoms with Crippen molar-refractivity contribution in [1.29, 1.82) is 0 Å². The van der Waals surface area contributed by atoms with Crippen LogP contribution in [0.4, 0.5) is 110 Å². The van der Waals surface area contributed by atoms with Crippen LogP contribution in [0.15, 0.2) is 12.2 Å². The molecular formula is C17H8F25. The SMILES string of the molecule is [CH2]CCC(F)(F)C(F)(F)C(F)(F)C(F)(F)C(F)(F)C(F)(F)C=CC(F)(F)C(F)(F)C(F)(F)C(F)(F)C(F)(F)C(F)(F)F. The Bertz CT molecular complexity index is 979. The highest BCUT2D eigenvalue weighted by atomic mass is 19.4. The van der Waals surface area contributed by atoms with Gasteiger partial charge in [-0.05, 0) is 18.6 Å². The molecule has 251 valence electrons. The Kier molecular flexibility index (Phi) is 9.79. The van der Waals surface area contributed by atoms with Gasteiger partial charge in [0.2, 0.25) is 0 Å². The first-order valence-electron chi connectivity index (χ1n) is 9.49. The lowest BCUT2D eigenvalue weighted by molar-refractivity contribution is -0.436.